The first-order chi connectivity index (χ1) is 7.44. The molecule has 1 N–H and O–H groups in total. The standard InChI is InChI=1S/C15H19O.Y/c1-12(2)14-7-5-13(6-8-14)9-10-15(3,4)11-16;/h5-7,12,16H,11H2,1-4H3;/q-1;. The van der Waals surface area contributed by atoms with Crippen LogP contribution in [0.5, 0.6) is 0 Å². The van der Waals surface area contributed by atoms with Crippen LogP contribution in [-0.4, -0.2) is 11.7 Å². The summed E-state index contributed by atoms with van der Waals surface area (Å²) in [5.41, 5.74) is 1.81. The number of benzene rings is 1. The van der Waals surface area contributed by atoms with E-state index in [1.54, 1.807) is 0 Å². The van der Waals surface area contributed by atoms with E-state index in [4.69, 9.17) is 5.11 Å². The number of hydrogen-bond donors (Lipinski definition) is 1. The van der Waals surface area contributed by atoms with Gasteiger partial charge in [0.05, 0.1) is 6.61 Å². The first-order valence-electron chi connectivity index (χ1n) is 5.60. The zero-order valence-electron chi connectivity index (χ0n) is 11.0. The van der Waals surface area contributed by atoms with Crippen molar-refractivity contribution in [2.45, 2.75) is 33.6 Å². The van der Waals surface area contributed by atoms with E-state index >= 15 is 0 Å². The minimum Gasteiger partial charge on any atom is -0.395 e. The van der Waals surface area contributed by atoms with Crippen LogP contribution in [0.2, 0.25) is 0 Å². The van der Waals surface area contributed by atoms with Gasteiger partial charge >= 0.3 is 0 Å². The second-order valence-electron chi connectivity index (χ2n) is 4.98. The van der Waals surface area contributed by atoms with Crippen molar-refractivity contribution in [3.8, 4) is 11.8 Å². The van der Waals surface area contributed by atoms with Gasteiger partial charge in [0.2, 0.25) is 0 Å². The molecule has 1 radical (unpaired) electrons. The first kappa shape index (κ1) is 16.8. The molecule has 1 aromatic rings. The SMILES string of the molecule is CC(C)c1[c-]cc(C#CC(C)(C)CO)cc1.[Y]. The maximum absolute atomic E-state index is 9.08. The van der Waals surface area contributed by atoms with Gasteiger partial charge in [-0.3, -0.25) is 0 Å². The summed E-state index contributed by atoms with van der Waals surface area (Å²) in [7, 11) is 0. The van der Waals surface area contributed by atoms with Crippen LogP contribution in [0.1, 0.15) is 44.7 Å². The van der Waals surface area contributed by atoms with Gasteiger partial charge in [0.25, 0.3) is 0 Å². The number of aliphatic hydroxyl groups is 1. The Balaban J connectivity index is 0.00000256. The molecule has 0 aliphatic heterocycles. The summed E-state index contributed by atoms with van der Waals surface area (Å²) in [6, 6.07) is 9.20. The first-order valence-corrected chi connectivity index (χ1v) is 5.60. The van der Waals surface area contributed by atoms with Crippen molar-refractivity contribution in [3.05, 3.63) is 35.4 Å². The minimum atomic E-state index is -0.337. The van der Waals surface area contributed by atoms with Gasteiger partial charge in [0, 0.05) is 38.1 Å². The summed E-state index contributed by atoms with van der Waals surface area (Å²) in [5.74, 6) is 6.61. The van der Waals surface area contributed by atoms with E-state index in [1.165, 1.54) is 5.56 Å². The Bertz CT molecular complexity index is 393. The predicted molar refractivity (Wildman–Crippen MR) is 67.1 cm³/mol. The van der Waals surface area contributed by atoms with E-state index < -0.39 is 0 Å². The van der Waals surface area contributed by atoms with E-state index in [1.807, 2.05) is 26.0 Å². The quantitative estimate of drug-likeness (QED) is 0.658. The third kappa shape index (κ3) is 5.82. The van der Waals surface area contributed by atoms with Crippen LogP contribution < -0.4 is 0 Å². The van der Waals surface area contributed by atoms with E-state index in [0.29, 0.717) is 5.92 Å². The van der Waals surface area contributed by atoms with Gasteiger partial charge in [0.1, 0.15) is 0 Å². The number of rotatable bonds is 2. The second kappa shape index (κ2) is 7.32. The second-order valence-corrected chi connectivity index (χ2v) is 4.98. The smallest absolute Gasteiger partial charge is 0.0591 e. The Morgan fingerprint density at radius 3 is 2.41 bits per heavy atom. The molecule has 17 heavy (non-hydrogen) atoms. The van der Waals surface area contributed by atoms with E-state index in [0.717, 1.165) is 5.56 Å². The average Bonchev–Trinajstić information content (AvgIpc) is 2.27. The molecule has 0 aromatic heterocycles. The summed E-state index contributed by atoms with van der Waals surface area (Å²) in [6.45, 7) is 8.21. The summed E-state index contributed by atoms with van der Waals surface area (Å²) in [6.07, 6.45) is 0. The van der Waals surface area contributed by atoms with Crippen LogP contribution in [0, 0.1) is 23.3 Å². The van der Waals surface area contributed by atoms with Crippen molar-refractivity contribution < 1.29 is 37.8 Å². The normalized spacial score (nSPS) is 10.5. The Morgan fingerprint density at radius 1 is 1.35 bits per heavy atom. The van der Waals surface area contributed by atoms with E-state index in [-0.39, 0.29) is 44.7 Å². The molecular formula is C15H19OY-. The van der Waals surface area contributed by atoms with Gasteiger partial charge in [-0.15, -0.1) is 11.8 Å². The van der Waals surface area contributed by atoms with Gasteiger partial charge in [-0.1, -0.05) is 19.4 Å². The molecule has 1 nitrogen and oxygen atoms in total. The monoisotopic (exact) mass is 304 g/mol. The molecule has 0 saturated carbocycles. The fourth-order valence-corrected chi connectivity index (χ4v) is 1.15. The zero-order chi connectivity index (χ0) is 12.2. The van der Waals surface area contributed by atoms with Gasteiger partial charge in [-0.2, -0.15) is 29.8 Å². The van der Waals surface area contributed by atoms with Gasteiger partial charge in [0.15, 0.2) is 0 Å². The van der Waals surface area contributed by atoms with Crippen molar-refractivity contribution in [2.75, 3.05) is 6.61 Å². The molecule has 0 atom stereocenters. The maximum atomic E-state index is 9.08. The topological polar surface area (TPSA) is 20.2 Å². The summed E-state index contributed by atoms with van der Waals surface area (Å²) >= 11 is 0. The molecule has 2 heteroatoms. The van der Waals surface area contributed by atoms with E-state index in [2.05, 4.69) is 37.8 Å². The van der Waals surface area contributed by atoms with Crippen LogP contribution in [-0.2, 0) is 32.7 Å². The largest absolute Gasteiger partial charge is 0.395 e. The molecule has 89 valence electrons. The molecule has 1 rings (SSSR count). The van der Waals surface area contributed by atoms with Crippen LogP contribution in [0.25, 0.3) is 0 Å². The van der Waals surface area contributed by atoms with Gasteiger partial charge in [-0.05, 0) is 19.8 Å². The van der Waals surface area contributed by atoms with Gasteiger partial charge in [-0.25, -0.2) is 0 Å². The molecule has 0 saturated heterocycles. The molecule has 0 heterocycles. The molecule has 0 aliphatic rings. The maximum Gasteiger partial charge on any atom is 0.0591 e. The van der Waals surface area contributed by atoms with Crippen molar-refractivity contribution in [1.82, 2.24) is 0 Å². The summed E-state index contributed by atoms with van der Waals surface area (Å²) in [4.78, 5) is 0. The Kier molecular flexibility index (Phi) is 7.25. The van der Waals surface area contributed by atoms with Crippen molar-refractivity contribution in [1.29, 1.82) is 0 Å². The van der Waals surface area contributed by atoms with Crippen LogP contribution >= 0.6 is 0 Å². The summed E-state index contributed by atoms with van der Waals surface area (Å²) < 4.78 is 0. The molecule has 0 aliphatic carbocycles. The Morgan fingerprint density at radius 2 is 2.00 bits per heavy atom. The third-order valence-electron chi connectivity index (χ3n) is 2.40. The van der Waals surface area contributed by atoms with Crippen LogP contribution in [0.3, 0.4) is 0 Å². The number of hydrogen-bond acceptors (Lipinski definition) is 1. The van der Waals surface area contributed by atoms with Crippen molar-refractivity contribution in [2.24, 2.45) is 5.41 Å². The summed E-state index contributed by atoms with van der Waals surface area (Å²) in [5, 5.41) is 9.08. The van der Waals surface area contributed by atoms with Crippen LogP contribution in [0.15, 0.2) is 18.2 Å². The zero-order valence-corrected chi connectivity index (χ0v) is 13.9. The minimum absolute atomic E-state index is 0. The molecule has 0 amide bonds. The fraction of sp³-hybridized carbons (Fsp3) is 0.467. The third-order valence-corrected chi connectivity index (χ3v) is 2.40. The Hall–Kier alpha value is -0.156. The predicted octanol–water partition coefficient (Wildman–Crippen LogP) is 2.98. The fourth-order valence-electron chi connectivity index (χ4n) is 1.15. The molecular weight excluding hydrogens is 285 g/mol. The molecule has 1 aromatic carbocycles. The molecule has 0 unspecified atom stereocenters. The Labute approximate surface area is 130 Å². The van der Waals surface area contributed by atoms with Crippen molar-refractivity contribution in [3.63, 3.8) is 0 Å². The van der Waals surface area contributed by atoms with E-state index in [9.17, 15) is 0 Å². The van der Waals surface area contributed by atoms with Crippen LogP contribution in [0.4, 0.5) is 0 Å². The molecule has 0 spiro atoms. The van der Waals surface area contributed by atoms with Crippen molar-refractivity contribution >= 4 is 0 Å². The average molecular weight is 304 g/mol. The molecule has 0 fully saturated rings. The molecule has 0 bridgehead atoms. The van der Waals surface area contributed by atoms with Gasteiger partial charge < -0.3 is 5.11 Å². The number of aliphatic hydroxyl groups excluding tert-OH is 1.